The maximum Gasteiger partial charge on any atom is 0.522 e. The number of alkyl halides is 4. The van der Waals surface area contributed by atoms with Gasteiger partial charge in [-0.25, -0.2) is 19.7 Å². The second-order valence-corrected chi connectivity index (χ2v) is 49.4. The van der Waals surface area contributed by atoms with Crippen molar-refractivity contribution in [3.05, 3.63) is 363 Å². The van der Waals surface area contributed by atoms with Crippen molar-refractivity contribution in [2.24, 2.45) is 0 Å². The highest BCUT2D eigenvalue weighted by molar-refractivity contribution is 7.86. The number of aldehydes is 1. The number of imidazole rings is 3. The van der Waals surface area contributed by atoms with Gasteiger partial charge in [0, 0.05) is 115 Å². The number of carboxylic acid groups (broad SMARTS) is 3. The van der Waals surface area contributed by atoms with Gasteiger partial charge in [-0.1, -0.05) is 258 Å². The molecule has 30 heteroatoms. The van der Waals surface area contributed by atoms with Crippen molar-refractivity contribution in [1.82, 2.24) is 29.1 Å². The van der Waals surface area contributed by atoms with Gasteiger partial charge in [0.25, 0.3) is 0 Å². The minimum atomic E-state index is -5.84. The van der Waals surface area contributed by atoms with E-state index in [4.69, 9.17) is 54.5 Å². The van der Waals surface area contributed by atoms with Gasteiger partial charge in [-0.15, -0.1) is 24.0 Å². The number of aliphatic hydroxyl groups is 2. The molecule has 0 radical (unpaired) electrons. The number of carbonyl (C=O) groups is 5. The second-order valence-electron chi connectivity index (χ2n) is 34.2. The molecule has 3 heterocycles. The number of aliphatic hydroxyl groups excluding tert-OH is 1. The number of hydrogen-bond acceptors (Lipinski definition) is 14. The molecule has 9 aromatic carbocycles. The molecule has 0 saturated carbocycles. The van der Waals surface area contributed by atoms with Gasteiger partial charge in [-0.05, 0) is 214 Å². The van der Waals surface area contributed by atoms with Crippen LogP contribution in [0.2, 0.25) is 51.4 Å². The SMILES string of the molecule is CO.C[Si](C)(C)CCOCn1ccnc1.Cc1cccc2c1CCCC2(O)c1nccn1COCC[Si](C)(C)C.Cc1cccc2c1CCCC2=O.Cc1cccc2c1CCCC2c1ncc[nH]1.Cc1ccccc1/C=C\C(=O)O.Cc1ccccc1C=O.Cc1ccccc1CCC(=O)O.Cl.O=C(O)CCCl.O=S(=O)(O)C(F)(F)F.c1ccc(P(c2ccccc2)c2ccccc2)cc1. The fourth-order valence-electron chi connectivity index (χ4n) is 14.2. The summed E-state index contributed by atoms with van der Waals surface area (Å²) in [6.07, 6.45) is 26.6. The number of ether oxygens (including phenoxy) is 2. The Morgan fingerprint density at radius 2 is 1.06 bits per heavy atom. The van der Waals surface area contributed by atoms with Crippen molar-refractivity contribution in [2.75, 3.05) is 26.2 Å². The Morgan fingerprint density at radius 1 is 0.578 bits per heavy atom. The van der Waals surface area contributed by atoms with E-state index in [9.17, 15) is 42.3 Å². The zero-order chi connectivity index (χ0) is 98.9. The highest BCUT2D eigenvalue weighted by Gasteiger charge is 2.44. The molecule has 2 unspecified atom stereocenters. The predicted octanol–water partition coefficient (Wildman–Crippen LogP) is 22.5. The number of benzene rings is 9. The Morgan fingerprint density at radius 3 is 1.53 bits per heavy atom. The van der Waals surface area contributed by atoms with E-state index in [2.05, 4.69) is 201 Å². The van der Waals surface area contributed by atoms with Crippen LogP contribution < -0.4 is 15.9 Å². The third kappa shape index (κ3) is 42.1. The van der Waals surface area contributed by atoms with E-state index in [1.807, 2.05) is 152 Å². The van der Waals surface area contributed by atoms with Gasteiger partial charge < -0.3 is 49.1 Å². The maximum absolute atomic E-state index is 11.5. The normalized spacial score (nSPS) is 13.8. The molecule has 0 spiro atoms. The van der Waals surface area contributed by atoms with Crippen molar-refractivity contribution in [3.8, 4) is 0 Å². The van der Waals surface area contributed by atoms with Crippen LogP contribution in [-0.2, 0) is 78.7 Å². The average Bonchev–Trinajstić information content (AvgIpc) is 1.73. The molecule has 135 heavy (non-hydrogen) atoms. The molecular formula is C105H132Cl2F3N6O15PSSi2. The quantitative estimate of drug-likeness (QED) is 0.00457. The summed E-state index contributed by atoms with van der Waals surface area (Å²) in [5.74, 6) is 0.314. The average molecular weight is 1970 g/mol. The van der Waals surface area contributed by atoms with Gasteiger partial charge >= 0.3 is 33.5 Å². The van der Waals surface area contributed by atoms with Gasteiger partial charge in [-0.3, -0.25) is 23.7 Å². The molecule has 0 bridgehead atoms. The molecule has 7 N–H and O–H groups in total. The van der Waals surface area contributed by atoms with E-state index in [1.54, 1.807) is 24.8 Å². The molecule has 0 amide bonds. The highest BCUT2D eigenvalue weighted by Crippen LogP contribution is 2.42. The number of fused-ring (bicyclic) bond motifs is 3. The number of nitrogens with zero attached hydrogens (tertiary/aromatic N) is 5. The number of carbonyl (C=O) groups excluding carboxylic acids is 2. The number of hydrogen-bond donors (Lipinski definition) is 7. The van der Waals surface area contributed by atoms with E-state index in [-0.39, 0.29) is 31.1 Å². The van der Waals surface area contributed by atoms with Crippen molar-refractivity contribution >= 4 is 110 Å². The van der Waals surface area contributed by atoms with Crippen LogP contribution in [0.3, 0.4) is 0 Å². The number of rotatable bonds is 23. The maximum atomic E-state index is 11.5. The summed E-state index contributed by atoms with van der Waals surface area (Å²) in [5, 5.41) is 47.4. The Hall–Kier alpha value is -10.9. The van der Waals surface area contributed by atoms with Crippen molar-refractivity contribution in [2.45, 2.75) is 200 Å². The van der Waals surface area contributed by atoms with Crippen LogP contribution in [0.1, 0.15) is 162 Å². The van der Waals surface area contributed by atoms with E-state index >= 15 is 0 Å². The third-order valence-corrected chi connectivity index (χ3v) is 28.1. The zero-order valence-electron chi connectivity index (χ0n) is 79.4. The number of aromatic nitrogens is 6. The van der Waals surface area contributed by atoms with Crippen LogP contribution in [0.4, 0.5) is 13.2 Å². The Kier molecular flexibility index (Phi) is 52.2. The van der Waals surface area contributed by atoms with Crippen LogP contribution in [0.25, 0.3) is 6.08 Å². The minimum Gasteiger partial charge on any atom is -0.481 e. The number of aromatic amines is 1. The predicted molar refractivity (Wildman–Crippen MR) is 545 cm³/mol. The highest BCUT2D eigenvalue weighted by atomic mass is 35.5. The molecule has 12 aromatic rings. The third-order valence-electron chi connectivity index (χ3n) is 21.5. The molecule has 0 aliphatic heterocycles. The van der Waals surface area contributed by atoms with Crippen LogP contribution in [-0.4, -0.2) is 145 Å². The number of aliphatic carboxylic acids is 3. The summed E-state index contributed by atoms with van der Waals surface area (Å²) in [4.78, 5) is 67.8. The van der Waals surface area contributed by atoms with Crippen LogP contribution in [0, 0.1) is 41.5 Å². The van der Waals surface area contributed by atoms with Gasteiger partial charge in [0.05, 0.1) is 12.7 Å². The van der Waals surface area contributed by atoms with E-state index < -0.39 is 63.2 Å². The number of carboxylic acids is 3. The lowest BCUT2D eigenvalue weighted by Crippen LogP contribution is -2.35. The molecule has 21 nitrogen and oxygen atoms in total. The monoisotopic (exact) mass is 1960 g/mol. The van der Waals surface area contributed by atoms with Crippen LogP contribution >= 0.6 is 31.9 Å². The number of ketones is 1. The smallest absolute Gasteiger partial charge is 0.481 e. The molecule has 3 aliphatic rings. The topological polar surface area (TPSA) is 324 Å². The van der Waals surface area contributed by atoms with E-state index in [1.165, 1.54) is 85.7 Å². The fourth-order valence-corrected chi connectivity index (χ4v) is 18.2. The van der Waals surface area contributed by atoms with Crippen molar-refractivity contribution in [3.63, 3.8) is 0 Å². The standard InChI is InChI=1S/C20H30N2O2Si.C18H15P.C14H16N2.C11H12O.C10H12O2.C10H10O2.C9H18N2OSi.C8H8O.C3H5ClO2.CHF3O3S.CH4O.ClH/c1-16-7-5-9-18-17(16)8-6-10-20(18,23)19-21-11-12-22(19)15-24-13-14-25(2,3)4;1-4-10-16(11-5-1)19(17-12-6-2-7-13-17)18-14-8-3-9-15-18;1-10-4-2-6-12-11(10)5-3-7-13(12)14-15-8-9-16-14;1-8-4-2-6-10-9(8)5-3-7-11(10)12;2*1-8-4-2-3-5-9(8)6-7-10(11)12;1-13(2,3)7-6-12-9-11-5-4-10-8-11;1-7-4-2-3-5-8(7)6-9;4-2-1-3(5)6;2-1(3,4)8(5,6)7;1-2;/h5,7,9,11-12,23H,6,8,10,13-15H2,1-4H3;1-15H;2,4,6,8-9,13H,3,5,7H2,1H3,(H,15,16);2,4,6H,3,5,7H2,1H3;2-5H,6-7H2,1H3,(H,11,12);2-7H,1H3,(H,11,12);4-5,8H,6-7,9H2,1-3H3;2-6H,1H3;1-2H2,(H,5,6);(H,5,6,7);2H,1H3;1H/b;;;;;7-6-;;;;;;. The Balaban J connectivity index is 0.000000320. The van der Waals surface area contributed by atoms with Crippen LogP contribution in [0.5, 0.6) is 0 Å². The Labute approximate surface area is 808 Å². The molecule has 2 atom stereocenters. The lowest BCUT2D eigenvalue weighted by Gasteiger charge is -2.35. The zero-order valence-corrected chi connectivity index (χ0v) is 84.7. The lowest BCUT2D eigenvalue weighted by atomic mass is 9.77. The number of aryl methyl sites for hydroxylation is 7. The molecular weight excluding hydrogens is 1830 g/mol. The van der Waals surface area contributed by atoms with Gasteiger partial charge in [-0.2, -0.15) is 21.6 Å². The number of halogens is 5. The second kappa shape index (κ2) is 60.5. The summed E-state index contributed by atoms with van der Waals surface area (Å²) in [6.45, 7) is 29.1. The molecule has 3 aromatic heterocycles. The minimum absolute atomic E-state index is 0. The van der Waals surface area contributed by atoms with Gasteiger partial charge in [0.1, 0.15) is 37.0 Å². The largest absolute Gasteiger partial charge is 0.522 e. The Bertz CT molecular complexity index is 5560. The van der Waals surface area contributed by atoms with E-state index in [0.29, 0.717) is 43.8 Å². The van der Waals surface area contributed by atoms with Crippen LogP contribution in [0.15, 0.2) is 268 Å². The van der Waals surface area contributed by atoms with Crippen molar-refractivity contribution in [1.29, 1.82) is 0 Å². The summed E-state index contributed by atoms with van der Waals surface area (Å²) < 4.78 is 72.8. The first-order valence-corrected chi connectivity index (χ1v) is 55.1. The number of nitrogens with one attached hydrogen (secondary N) is 1. The lowest BCUT2D eigenvalue weighted by molar-refractivity contribution is -0.137. The first-order chi connectivity index (χ1) is 63.7. The van der Waals surface area contributed by atoms with Gasteiger partial charge in [0.15, 0.2) is 5.78 Å². The first-order valence-electron chi connectivity index (χ1n) is 44.3. The molecule has 15 rings (SSSR count). The fraction of sp³-hybridized carbons (Fsp3) is 0.333. The number of H-pyrrole nitrogens is 1. The number of Topliss-reactive ketones (excluding diaryl/α,β-unsaturated/α-hetero) is 1. The summed E-state index contributed by atoms with van der Waals surface area (Å²) in [7, 11) is -7.31. The van der Waals surface area contributed by atoms with Gasteiger partial charge in [0.2, 0.25) is 0 Å². The summed E-state index contributed by atoms with van der Waals surface area (Å²) in [5.41, 5.74) is 11.0. The summed E-state index contributed by atoms with van der Waals surface area (Å²) in [6, 6.07) is 76.5. The first kappa shape index (κ1) is 116. The molecule has 3 aliphatic carbocycles. The molecule has 726 valence electrons. The molecule has 0 saturated heterocycles. The van der Waals surface area contributed by atoms with E-state index in [0.717, 1.165) is 116 Å². The van der Waals surface area contributed by atoms with Crippen molar-refractivity contribution < 1.29 is 85.1 Å². The molecule has 0 fully saturated rings. The summed E-state index contributed by atoms with van der Waals surface area (Å²) >= 11 is 5.02.